The molecule has 26 heavy (non-hydrogen) atoms. The molecule has 0 aliphatic carbocycles. The lowest BCUT2D eigenvalue weighted by atomic mass is 10.1. The molecule has 2 aliphatic heterocycles. The minimum Gasteiger partial charge on any atom is -0.496 e. The zero-order valence-electron chi connectivity index (χ0n) is 15.3. The number of benzene rings is 1. The van der Waals surface area contributed by atoms with E-state index in [0.717, 1.165) is 37.3 Å². The monoisotopic (exact) mass is 361 g/mol. The Morgan fingerprint density at radius 3 is 3.00 bits per heavy atom. The second-order valence-electron chi connectivity index (χ2n) is 6.71. The highest BCUT2D eigenvalue weighted by atomic mass is 16.5. The first-order chi connectivity index (χ1) is 12.7. The van der Waals surface area contributed by atoms with Crippen LogP contribution in [0.3, 0.4) is 0 Å². The highest BCUT2D eigenvalue weighted by Crippen LogP contribution is 2.21. The van der Waals surface area contributed by atoms with Crippen molar-refractivity contribution in [1.29, 1.82) is 0 Å². The summed E-state index contributed by atoms with van der Waals surface area (Å²) in [6.07, 6.45) is 2.05. The van der Waals surface area contributed by atoms with Gasteiger partial charge in [-0.05, 0) is 18.9 Å². The number of carbonyl (C=O) groups excluding carboxylic acids is 2. The highest BCUT2D eigenvalue weighted by molar-refractivity contribution is 5.86. The third-order valence-corrected chi connectivity index (χ3v) is 4.87. The Morgan fingerprint density at radius 1 is 1.42 bits per heavy atom. The average Bonchev–Trinajstić information content (AvgIpc) is 3.16. The van der Waals surface area contributed by atoms with Crippen LogP contribution < -0.4 is 10.1 Å². The summed E-state index contributed by atoms with van der Waals surface area (Å²) in [5.41, 5.74) is 0.952. The van der Waals surface area contributed by atoms with Crippen LogP contribution in [0.5, 0.6) is 5.75 Å². The first-order valence-electron chi connectivity index (χ1n) is 9.17. The lowest BCUT2D eigenvalue weighted by Gasteiger charge is -2.31. The molecule has 0 spiro atoms. The Hall–Kier alpha value is -2.12. The summed E-state index contributed by atoms with van der Waals surface area (Å²) in [7, 11) is 1.63. The van der Waals surface area contributed by atoms with Gasteiger partial charge in [0.15, 0.2) is 0 Å². The molecule has 1 N–H and O–H groups in total. The summed E-state index contributed by atoms with van der Waals surface area (Å²) in [5, 5.41) is 3.03. The van der Waals surface area contributed by atoms with E-state index in [1.165, 1.54) is 0 Å². The molecular weight excluding hydrogens is 334 g/mol. The maximum atomic E-state index is 13.0. The number of carbonyl (C=O) groups is 2. The van der Waals surface area contributed by atoms with Crippen molar-refractivity contribution in [2.24, 2.45) is 0 Å². The normalized spacial score (nSPS) is 20.3. The number of nitrogens with one attached hydrogen (secondary N) is 1. The molecule has 2 saturated heterocycles. The molecule has 2 aliphatic rings. The van der Waals surface area contributed by atoms with Gasteiger partial charge in [0.05, 0.1) is 26.3 Å². The number of rotatable bonds is 7. The number of hydrogen-bond acceptors (Lipinski definition) is 5. The maximum absolute atomic E-state index is 13.0. The van der Waals surface area contributed by atoms with Crippen LogP contribution in [0, 0.1) is 0 Å². The van der Waals surface area contributed by atoms with Gasteiger partial charge in [-0.25, -0.2) is 0 Å². The molecule has 2 fully saturated rings. The Labute approximate surface area is 154 Å². The number of amides is 2. The summed E-state index contributed by atoms with van der Waals surface area (Å²) in [4.78, 5) is 28.4. The van der Waals surface area contributed by atoms with Crippen LogP contribution in [0.2, 0.25) is 0 Å². The summed E-state index contributed by atoms with van der Waals surface area (Å²) in [5.74, 6) is 0.677. The van der Waals surface area contributed by atoms with Gasteiger partial charge in [0.25, 0.3) is 0 Å². The topological polar surface area (TPSA) is 71.1 Å². The molecule has 0 saturated carbocycles. The number of para-hydroxylation sites is 1. The van der Waals surface area contributed by atoms with Crippen molar-refractivity contribution in [2.45, 2.75) is 25.5 Å². The van der Waals surface area contributed by atoms with Crippen molar-refractivity contribution >= 4 is 11.8 Å². The van der Waals surface area contributed by atoms with Crippen LogP contribution in [0.15, 0.2) is 24.3 Å². The summed E-state index contributed by atoms with van der Waals surface area (Å²) in [6.45, 7) is 3.43. The van der Waals surface area contributed by atoms with E-state index >= 15 is 0 Å². The predicted molar refractivity (Wildman–Crippen MR) is 96.8 cm³/mol. The van der Waals surface area contributed by atoms with Gasteiger partial charge >= 0.3 is 0 Å². The quantitative estimate of drug-likeness (QED) is 0.772. The maximum Gasteiger partial charge on any atom is 0.242 e. The van der Waals surface area contributed by atoms with E-state index in [1.54, 1.807) is 16.9 Å². The Balaban J connectivity index is 1.71. The van der Waals surface area contributed by atoms with Crippen LogP contribution in [-0.2, 0) is 20.9 Å². The molecule has 142 valence electrons. The summed E-state index contributed by atoms with van der Waals surface area (Å²) >= 11 is 0. The van der Waals surface area contributed by atoms with Gasteiger partial charge in [-0.3, -0.25) is 9.59 Å². The van der Waals surface area contributed by atoms with Crippen molar-refractivity contribution in [3.8, 4) is 5.75 Å². The smallest absolute Gasteiger partial charge is 0.242 e. The third kappa shape index (κ3) is 4.74. The Morgan fingerprint density at radius 2 is 2.27 bits per heavy atom. The molecule has 1 atom stereocenters. The lowest BCUT2D eigenvalue weighted by Crippen LogP contribution is -2.52. The van der Waals surface area contributed by atoms with Gasteiger partial charge in [0.1, 0.15) is 5.75 Å². The van der Waals surface area contributed by atoms with E-state index in [9.17, 15) is 9.59 Å². The molecule has 7 heteroatoms. The molecule has 0 aromatic heterocycles. The predicted octanol–water partition coefficient (Wildman–Crippen LogP) is 0.635. The highest BCUT2D eigenvalue weighted by Gasteiger charge is 2.27. The molecule has 2 amide bonds. The largest absolute Gasteiger partial charge is 0.496 e. The first-order valence-corrected chi connectivity index (χ1v) is 9.17. The second kappa shape index (κ2) is 9.00. The fourth-order valence-corrected chi connectivity index (χ4v) is 3.40. The van der Waals surface area contributed by atoms with Gasteiger partial charge in [0.2, 0.25) is 11.8 Å². The fourth-order valence-electron chi connectivity index (χ4n) is 3.40. The molecule has 0 radical (unpaired) electrons. The Kier molecular flexibility index (Phi) is 6.46. The van der Waals surface area contributed by atoms with Crippen LogP contribution in [0.4, 0.5) is 0 Å². The number of hydrogen-bond donors (Lipinski definition) is 1. The standard InChI is InChI=1S/C19H27N3O4/c1-25-17-7-3-2-5-15(17)12-22(13-16-6-4-10-26-16)19(24)14-21-9-8-20-11-18(21)23/h2-3,5,7,16,20H,4,6,8-14H2,1H3/t16-/m1/s1. The molecule has 1 aromatic carbocycles. The van der Waals surface area contributed by atoms with Crippen molar-refractivity contribution in [1.82, 2.24) is 15.1 Å². The van der Waals surface area contributed by atoms with Gasteiger partial charge in [0, 0.05) is 38.3 Å². The zero-order chi connectivity index (χ0) is 18.4. The van der Waals surface area contributed by atoms with Crippen LogP contribution >= 0.6 is 0 Å². The minimum atomic E-state index is -0.0540. The van der Waals surface area contributed by atoms with Crippen molar-refractivity contribution in [3.05, 3.63) is 29.8 Å². The zero-order valence-corrected chi connectivity index (χ0v) is 15.3. The van der Waals surface area contributed by atoms with Gasteiger partial charge < -0.3 is 24.6 Å². The average molecular weight is 361 g/mol. The number of piperazine rings is 1. The molecule has 2 heterocycles. The van der Waals surface area contributed by atoms with E-state index in [0.29, 0.717) is 26.2 Å². The fraction of sp³-hybridized carbons (Fsp3) is 0.579. The molecule has 3 rings (SSSR count). The molecule has 0 bridgehead atoms. The number of nitrogens with zero attached hydrogens (tertiary/aromatic N) is 2. The molecule has 1 aromatic rings. The Bertz CT molecular complexity index is 631. The van der Waals surface area contributed by atoms with Gasteiger partial charge in [-0.15, -0.1) is 0 Å². The lowest BCUT2D eigenvalue weighted by molar-refractivity contribution is -0.142. The molecule has 0 unspecified atom stereocenters. The van der Waals surface area contributed by atoms with Crippen LogP contribution in [0.25, 0.3) is 0 Å². The van der Waals surface area contributed by atoms with E-state index in [1.807, 2.05) is 24.3 Å². The molecule has 7 nitrogen and oxygen atoms in total. The van der Waals surface area contributed by atoms with E-state index in [-0.39, 0.29) is 24.5 Å². The van der Waals surface area contributed by atoms with Crippen molar-refractivity contribution in [2.75, 3.05) is 46.4 Å². The first kappa shape index (κ1) is 18.7. The van der Waals surface area contributed by atoms with Gasteiger partial charge in [-0.1, -0.05) is 18.2 Å². The van der Waals surface area contributed by atoms with Gasteiger partial charge in [-0.2, -0.15) is 0 Å². The van der Waals surface area contributed by atoms with E-state index in [4.69, 9.17) is 9.47 Å². The summed E-state index contributed by atoms with van der Waals surface area (Å²) < 4.78 is 11.1. The summed E-state index contributed by atoms with van der Waals surface area (Å²) in [6, 6.07) is 7.70. The number of methoxy groups -OCH3 is 1. The van der Waals surface area contributed by atoms with Crippen molar-refractivity contribution < 1.29 is 19.1 Å². The van der Waals surface area contributed by atoms with Crippen LogP contribution in [-0.4, -0.2) is 74.2 Å². The minimum absolute atomic E-state index is 0.0287. The second-order valence-corrected chi connectivity index (χ2v) is 6.71. The van der Waals surface area contributed by atoms with E-state index < -0.39 is 0 Å². The van der Waals surface area contributed by atoms with Crippen molar-refractivity contribution in [3.63, 3.8) is 0 Å². The van der Waals surface area contributed by atoms with E-state index in [2.05, 4.69) is 5.32 Å². The molecular formula is C19H27N3O4. The third-order valence-electron chi connectivity index (χ3n) is 4.87. The number of ether oxygens (including phenoxy) is 2. The SMILES string of the molecule is COc1ccccc1CN(C[C@H]1CCCO1)C(=O)CN1CCNCC1=O. The van der Waals surface area contributed by atoms with Crippen LogP contribution in [0.1, 0.15) is 18.4 Å².